The van der Waals surface area contributed by atoms with E-state index in [-0.39, 0.29) is 23.0 Å². The van der Waals surface area contributed by atoms with Gasteiger partial charge in [0.15, 0.2) is 0 Å². The topological polar surface area (TPSA) is 91.8 Å². The van der Waals surface area contributed by atoms with Crippen molar-refractivity contribution in [2.45, 2.75) is 13.5 Å². The van der Waals surface area contributed by atoms with Gasteiger partial charge in [0.1, 0.15) is 11.5 Å². The van der Waals surface area contributed by atoms with Crippen molar-refractivity contribution in [1.29, 1.82) is 0 Å². The number of nitrogens with one attached hydrogen (secondary N) is 3. The number of carbonyl (C=O) groups is 1. The van der Waals surface area contributed by atoms with Crippen molar-refractivity contribution in [3.63, 3.8) is 0 Å². The lowest BCUT2D eigenvalue weighted by Crippen LogP contribution is -2.34. The minimum Gasteiger partial charge on any atom is -0.350 e. The van der Waals surface area contributed by atoms with Gasteiger partial charge < -0.3 is 4.98 Å². The van der Waals surface area contributed by atoms with Gasteiger partial charge in [-0.25, -0.2) is 9.37 Å². The van der Waals surface area contributed by atoms with Gasteiger partial charge in [0.25, 0.3) is 11.5 Å². The highest BCUT2D eigenvalue weighted by Gasteiger charge is 2.13. The van der Waals surface area contributed by atoms with Gasteiger partial charge in [0.05, 0.1) is 10.9 Å². The van der Waals surface area contributed by atoms with Crippen LogP contribution in [0.3, 0.4) is 0 Å². The number of aromatic amines is 1. The van der Waals surface area contributed by atoms with Crippen LogP contribution in [0.25, 0.3) is 21.8 Å². The van der Waals surface area contributed by atoms with E-state index in [1.165, 1.54) is 16.7 Å². The molecule has 0 aliphatic rings. The summed E-state index contributed by atoms with van der Waals surface area (Å²) in [6, 6.07) is 12.8. The summed E-state index contributed by atoms with van der Waals surface area (Å²) >= 11 is 0. The van der Waals surface area contributed by atoms with E-state index in [9.17, 15) is 14.0 Å². The van der Waals surface area contributed by atoms with E-state index in [4.69, 9.17) is 0 Å². The van der Waals surface area contributed by atoms with Crippen LogP contribution < -0.4 is 16.4 Å². The summed E-state index contributed by atoms with van der Waals surface area (Å²) in [5.41, 5.74) is 6.48. The third-order valence-electron chi connectivity index (χ3n) is 4.29. The van der Waals surface area contributed by atoms with Gasteiger partial charge >= 0.3 is 0 Å². The molecule has 0 radical (unpaired) electrons. The first-order valence-corrected chi connectivity index (χ1v) is 8.41. The van der Waals surface area contributed by atoms with Crippen molar-refractivity contribution in [2.24, 2.45) is 0 Å². The fourth-order valence-electron chi connectivity index (χ4n) is 2.96. The Labute approximate surface area is 152 Å². The molecule has 4 aromatic rings. The number of para-hydroxylation sites is 1. The lowest BCUT2D eigenvalue weighted by Gasteiger charge is -2.13. The average molecular weight is 365 g/mol. The van der Waals surface area contributed by atoms with E-state index >= 15 is 0 Å². The SMILES string of the molecule is CCn1c(NNC(=O)c2cc3cc(F)ccc3[nH]2)nc2ccccc2c1=O. The Kier molecular flexibility index (Phi) is 4.08. The quantitative estimate of drug-likeness (QED) is 0.485. The van der Waals surface area contributed by atoms with E-state index in [0.717, 1.165) is 0 Å². The highest BCUT2D eigenvalue weighted by Crippen LogP contribution is 2.17. The highest BCUT2D eigenvalue weighted by atomic mass is 19.1. The first kappa shape index (κ1) is 16.8. The molecule has 1 amide bonds. The van der Waals surface area contributed by atoms with E-state index < -0.39 is 5.91 Å². The minimum atomic E-state index is -0.461. The van der Waals surface area contributed by atoms with Crippen LogP contribution in [-0.4, -0.2) is 20.4 Å². The van der Waals surface area contributed by atoms with Crippen molar-refractivity contribution < 1.29 is 9.18 Å². The molecule has 0 saturated heterocycles. The van der Waals surface area contributed by atoms with Crippen LogP contribution in [-0.2, 0) is 6.54 Å². The standard InChI is InChI=1S/C19H16FN5O2/c1-2-25-18(27)13-5-3-4-6-15(13)22-19(25)24-23-17(26)16-10-11-9-12(20)7-8-14(11)21-16/h3-10,21H,2H2,1H3,(H,22,24)(H,23,26). The number of nitrogens with zero attached hydrogens (tertiary/aromatic N) is 2. The average Bonchev–Trinajstić information content (AvgIpc) is 3.09. The molecule has 0 fully saturated rings. The van der Waals surface area contributed by atoms with Crippen molar-refractivity contribution >= 4 is 33.7 Å². The summed E-state index contributed by atoms with van der Waals surface area (Å²) in [4.78, 5) is 32.3. The Hall–Kier alpha value is -3.68. The van der Waals surface area contributed by atoms with Gasteiger partial charge in [-0.2, -0.15) is 0 Å². The van der Waals surface area contributed by atoms with Crippen LogP contribution >= 0.6 is 0 Å². The van der Waals surface area contributed by atoms with Crippen molar-refractivity contribution in [1.82, 2.24) is 20.0 Å². The van der Waals surface area contributed by atoms with Crippen LogP contribution in [0.4, 0.5) is 10.3 Å². The predicted molar refractivity (Wildman–Crippen MR) is 101 cm³/mol. The maximum atomic E-state index is 13.3. The van der Waals surface area contributed by atoms with E-state index in [0.29, 0.717) is 28.4 Å². The Morgan fingerprint density at radius 2 is 2.04 bits per heavy atom. The third kappa shape index (κ3) is 3.01. The number of H-pyrrole nitrogens is 1. The van der Waals surface area contributed by atoms with Crippen molar-refractivity contribution in [3.8, 4) is 0 Å². The zero-order chi connectivity index (χ0) is 19.0. The number of benzene rings is 2. The van der Waals surface area contributed by atoms with Gasteiger partial charge in [-0.05, 0) is 43.3 Å². The first-order valence-electron chi connectivity index (χ1n) is 8.41. The second-order valence-corrected chi connectivity index (χ2v) is 6.00. The van der Waals surface area contributed by atoms with Crippen LogP contribution in [0.15, 0.2) is 53.3 Å². The van der Waals surface area contributed by atoms with Crippen LogP contribution in [0.1, 0.15) is 17.4 Å². The number of anilines is 1. The number of carbonyl (C=O) groups excluding carboxylic acids is 1. The number of hydrogen-bond acceptors (Lipinski definition) is 4. The second-order valence-electron chi connectivity index (χ2n) is 6.00. The predicted octanol–water partition coefficient (Wildman–Crippen LogP) is 2.79. The fraction of sp³-hybridized carbons (Fsp3) is 0.105. The van der Waals surface area contributed by atoms with Crippen molar-refractivity contribution in [2.75, 3.05) is 5.43 Å². The van der Waals surface area contributed by atoms with Crippen LogP contribution in [0, 0.1) is 5.82 Å². The molecule has 0 unspecified atom stereocenters. The molecular formula is C19H16FN5O2. The second kappa shape index (κ2) is 6.56. The molecule has 0 spiro atoms. The van der Waals surface area contributed by atoms with Crippen LogP contribution in [0.2, 0.25) is 0 Å². The number of rotatable bonds is 4. The van der Waals surface area contributed by atoms with Crippen LogP contribution in [0.5, 0.6) is 0 Å². The lowest BCUT2D eigenvalue weighted by atomic mass is 10.2. The number of amides is 1. The van der Waals surface area contributed by atoms with Crippen molar-refractivity contribution in [3.05, 3.63) is 70.4 Å². The monoisotopic (exact) mass is 365 g/mol. The molecule has 2 aromatic carbocycles. The minimum absolute atomic E-state index is 0.194. The molecule has 7 nitrogen and oxygen atoms in total. The number of halogens is 1. The van der Waals surface area contributed by atoms with Gasteiger partial charge in [-0.1, -0.05) is 12.1 Å². The summed E-state index contributed by atoms with van der Waals surface area (Å²) in [6.45, 7) is 2.21. The Bertz CT molecular complexity index is 1230. The number of hydrazine groups is 1. The number of aromatic nitrogens is 3. The highest BCUT2D eigenvalue weighted by molar-refractivity contribution is 5.98. The lowest BCUT2D eigenvalue weighted by molar-refractivity contribution is 0.0958. The molecule has 0 aliphatic heterocycles. The number of fused-ring (bicyclic) bond motifs is 2. The van der Waals surface area contributed by atoms with E-state index in [1.54, 1.807) is 36.4 Å². The van der Waals surface area contributed by atoms with Gasteiger partial charge in [-0.3, -0.25) is 25.0 Å². The normalized spacial score (nSPS) is 11.0. The largest absolute Gasteiger partial charge is 0.350 e. The Balaban J connectivity index is 1.62. The van der Waals surface area contributed by atoms with E-state index in [1.807, 2.05) is 6.92 Å². The summed E-state index contributed by atoms with van der Waals surface area (Å²) in [5, 5.41) is 1.10. The zero-order valence-corrected chi connectivity index (χ0v) is 14.4. The molecule has 27 heavy (non-hydrogen) atoms. The number of hydrogen-bond donors (Lipinski definition) is 3. The van der Waals surface area contributed by atoms with Gasteiger partial charge in [0, 0.05) is 17.4 Å². The molecule has 136 valence electrons. The molecule has 3 N–H and O–H groups in total. The molecule has 0 saturated carbocycles. The molecule has 2 aromatic heterocycles. The maximum absolute atomic E-state index is 13.3. The van der Waals surface area contributed by atoms with Gasteiger partial charge in [-0.15, -0.1) is 0 Å². The summed E-state index contributed by atoms with van der Waals surface area (Å²) in [6.07, 6.45) is 0. The summed E-state index contributed by atoms with van der Waals surface area (Å²) in [7, 11) is 0. The Morgan fingerprint density at radius 3 is 2.85 bits per heavy atom. The molecule has 2 heterocycles. The summed E-state index contributed by atoms with van der Waals surface area (Å²) < 4.78 is 14.7. The fourth-order valence-corrected chi connectivity index (χ4v) is 2.96. The smallest absolute Gasteiger partial charge is 0.286 e. The molecule has 0 aliphatic carbocycles. The third-order valence-corrected chi connectivity index (χ3v) is 4.29. The Morgan fingerprint density at radius 1 is 1.22 bits per heavy atom. The molecule has 4 rings (SSSR count). The zero-order valence-electron chi connectivity index (χ0n) is 14.4. The molecule has 0 bridgehead atoms. The molecule has 8 heteroatoms. The molecular weight excluding hydrogens is 349 g/mol. The maximum Gasteiger partial charge on any atom is 0.286 e. The first-order chi connectivity index (χ1) is 13.1. The van der Waals surface area contributed by atoms with Gasteiger partial charge in [0.2, 0.25) is 5.95 Å². The molecule has 0 atom stereocenters. The summed E-state index contributed by atoms with van der Waals surface area (Å²) in [5.74, 6) is -0.604. The van der Waals surface area contributed by atoms with E-state index in [2.05, 4.69) is 20.8 Å².